The van der Waals surface area contributed by atoms with Crippen molar-refractivity contribution in [3.8, 4) is 0 Å². The molecule has 0 amide bonds. The van der Waals surface area contributed by atoms with E-state index in [0.29, 0.717) is 6.04 Å². The maximum Gasteiger partial charge on any atom is 0.0613 e. The first kappa shape index (κ1) is 16.2. The zero-order valence-electron chi connectivity index (χ0n) is 12.4. The van der Waals surface area contributed by atoms with Gasteiger partial charge in [-0.15, -0.1) is 0 Å². The van der Waals surface area contributed by atoms with Crippen LogP contribution in [0.25, 0.3) is 0 Å². The maximum atomic E-state index is 3.74. The largest absolute Gasteiger partial charge is 0.315 e. The van der Waals surface area contributed by atoms with E-state index in [-0.39, 0.29) is 0 Å². The summed E-state index contributed by atoms with van der Waals surface area (Å²) >= 11 is 7.28. The molecule has 1 unspecified atom stereocenters. The van der Waals surface area contributed by atoms with Gasteiger partial charge in [0, 0.05) is 28.6 Å². The molecule has 1 heterocycles. The topological polar surface area (TPSA) is 15.3 Å². The van der Waals surface area contributed by atoms with E-state index in [1.54, 1.807) is 0 Å². The predicted octanol–water partition coefficient (Wildman–Crippen LogP) is 4.60. The van der Waals surface area contributed by atoms with Gasteiger partial charge in [-0.25, -0.2) is 0 Å². The highest BCUT2D eigenvalue weighted by molar-refractivity contribution is 9.10. The molecule has 0 spiro atoms. The minimum absolute atomic E-state index is 0.295. The summed E-state index contributed by atoms with van der Waals surface area (Å²) in [5.41, 5.74) is 2.68. The summed E-state index contributed by atoms with van der Waals surface area (Å²) in [5.74, 6) is 0. The van der Waals surface area contributed by atoms with Crippen LogP contribution in [0.3, 0.4) is 0 Å². The summed E-state index contributed by atoms with van der Waals surface area (Å²) in [7, 11) is 0. The van der Waals surface area contributed by atoms with E-state index in [9.17, 15) is 0 Å². The smallest absolute Gasteiger partial charge is 0.0613 e. The zero-order valence-corrected chi connectivity index (χ0v) is 15.6. The van der Waals surface area contributed by atoms with Gasteiger partial charge in [0.05, 0.1) is 6.04 Å². The summed E-state index contributed by atoms with van der Waals surface area (Å²) in [6.45, 7) is 4.36. The Bertz CT molecular complexity index is 605. The van der Waals surface area contributed by atoms with Crippen LogP contribution in [0.5, 0.6) is 0 Å². The van der Waals surface area contributed by atoms with Crippen LogP contribution in [0.15, 0.2) is 57.5 Å². The van der Waals surface area contributed by atoms with E-state index in [2.05, 4.69) is 90.6 Å². The van der Waals surface area contributed by atoms with E-state index < -0.39 is 0 Å². The molecule has 0 aliphatic carbocycles. The fourth-order valence-corrected chi connectivity index (χ4v) is 3.82. The number of rotatable bonds is 3. The van der Waals surface area contributed by atoms with Gasteiger partial charge >= 0.3 is 0 Å². The second kappa shape index (κ2) is 7.73. The summed E-state index contributed by atoms with van der Waals surface area (Å²) in [4.78, 5) is 2.59. The first-order chi connectivity index (χ1) is 10.8. The molecule has 1 fully saturated rings. The van der Waals surface area contributed by atoms with Crippen LogP contribution in [-0.4, -0.2) is 31.1 Å². The second-order valence-electron chi connectivity index (χ2n) is 5.62. The van der Waals surface area contributed by atoms with Crippen LogP contribution >= 0.6 is 31.9 Å². The lowest BCUT2D eigenvalue weighted by Gasteiger charge is -2.32. The molecule has 22 heavy (non-hydrogen) atoms. The standard InChI is InChI=1S/C18H20Br2N2/c19-15-8-6-14(7-9-15)18(16-4-1-2-5-17(16)20)22-12-3-10-21-11-13-22/h1-2,4-9,18,21H,3,10-13H2. The third-order valence-electron chi connectivity index (χ3n) is 4.13. The summed E-state index contributed by atoms with van der Waals surface area (Å²) < 4.78 is 2.31. The third-order valence-corrected chi connectivity index (χ3v) is 5.38. The molecule has 0 bridgehead atoms. The average Bonchev–Trinajstić information content (AvgIpc) is 2.80. The van der Waals surface area contributed by atoms with Gasteiger partial charge in [0.2, 0.25) is 0 Å². The van der Waals surface area contributed by atoms with Crippen LogP contribution in [0, 0.1) is 0 Å². The number of hydrogen-bond donors (Lipinski definition) is 1. The monoisotopic (exact) mass is 422 g/mol. The molecule has 0 aromatic heterocycles. The molecule has 0 radical (unpaired) electrons. The number of nitrogens with zero attached hydrogens (tertiary/aromatic N) is 1. The molecule has 1 N–H and O–H groups in total. The van der Waals surface area contributed by atoms with Crippen molar-refractivity contribution in [3.05, 3.63) is 68.6 Å². The van der Waals surface area contributed by atoms with Gasteiger partial charge in [-0.05, 0) is 42.3 Å². The quantitative estimate of drug-likeness (QED) is 0.776. The molecule has 1 atom stereocenters. The van der Waals surface area contributed by atoms with Crippen molar-refractivity contribution in [2.45, 2.75) is 12.5 Å². The van der Waals surface area contributed by atoms with E-state index in [0.717, 1.165) is 30.7 Å². The Morgan fingerprint density at radius 1 is 0.909 bits per heavy atom. The first-order valence-corrected chi connectivity index (χ1v) is 9.29. The first-order valence-electron chi connectivity index (χ1n) is 7.70. The van der Waals surface area contributed by atoms with Crippen molar-refractivity contribution in [3.63, 3.8) is 0 Å². The Morgan fingerprint density at radius 3 is 2.45 bits per heavy atom. The van der Waals surface area contributed by atoms with E-state index >= 15 is 0 Å². The highest BCUT2D eigenvalue weighted by Gasteiger charge is 2.24. The Morgan fingerprint density at radius 2 is 1.68 bits per heavy atom. The Balaban J connectivity index is 2.01. The van der Waals surface area contributed by atoms with Crippen LogP contribution < -0.4 is 5.32 Å². The van der Waals surface area contributed by atoms with Crippen molar-refractivity contribution in [2.75, 3.05) is 26.2 Å². The van der Waals surface area contributed by atoms with Gasteiger partial charge in [0.15, 0.2) is 0 Å². The fourth-order valence-electron chi connectivity index (χ4n) is 3.05. The molecule has 2 nitrogen and oxygen atoms in total. The van der Waals surface area contributed by atoms with Crippen LogP contribution in [-0.2, 0) is 0 Å². The van der Waals surface area contributed by atoms with Crippen molar-refractivity contribution >= 4 is 31.9 Å². The molecular formula is C18H20Br2N2. The highest BCUT2D eigenvalue weighted by Crippen LogP contribution is 2.34. The second-order valence-corrected chi connectivity index (χ2v) is 7.39. The molecule has 1 aliphatic rings. The van der Waals surface area contributed by atoms with E-state index in [1.165, 1.54) is 22.0 Å². The van der Waals surface area contributed by atoms with Gasteiger partial charge in [-0.2, -0.15) is 0 Å². The average molecular weight is 424 g/mol. The molecule has 2 aromatic rings. The van der Waals surface area contributed by atoms with Crippen molar-refractivity contribution < 1.29 is 0 Å². The van der Waals surface area contributed by atoms with E-state index in [1.807, 2.05) is 0 Å². The Labute approximate surface area is 149 Å². The lowest BCUT2D eigenvalue weighted by molar-refractivity contribution is 0.240. The molecule has 4 heteroatoms. The summed E-state index contributed by atoms with van der Waals surface area (Å²) in [6.07, 6.45) is 1.19. The van der Waals surface area contributed by atoms with Gasteiger partial charge < -0.3 is 5.32 Å². The number of hydrogen-bond acceptors (Lipinski definition) is 2. The predicted molar refractivity (Wildman–Crippen MR) is 99.2 cm³/mol. The zero-order chi connectivity index (χ0) is 15.4. The summed E-state index contributed by atoms with van der Waals surface area (Å²) in [6, 6.07) is 17.6. The number of nitrogens with one attached hydrogen (secondary N) is 1. The van der Waals surface area contributed by atoms with Gasteiger partial charge in [-0.3, -0.25) is 4.90 Å². The van der Waals surface area contributed by atoms with E-state index in [4.69, 9.17) is 0 Å². The lowest BCUT2D eigenvalue weighted by atomic mass is 9.97. The minimum Gasteiger partial charge on any atom is -0.315 e. The SMILES string of the molecule is Brc1ccc(C(c2ccccc2Br)N2CCCNCC2)cc1. The van der Waals surface area contributed by atoms with Gasteiger partial charge in [0.1, 0.15) is 0 Å². The number of benzene rings is 2. The Kier molecular flexibility index (Phi) is 5.69. The molecule has 2 aromatic carbocycles. The Hall–Kier alpha value is -0.680. The molecule has 3 rings (SSSR count). The van der Waals surface area contributed by atoms with Crippen molar-refractivity contribution in [2.24, 2.45) is 0 Å². The molecule has 116 valence electrons. The molecular weight excluding hydrogens is 404 g/mol. The third kappa shape index (κ3) is 3.80. The molecule has 1 aliphatic heterocycles. The fraction of sp³-hybridized carbons (Fsp3) is 0.333. The molecule has 0 saturated carbocycles. The van der Waals surface area contributed by atoms with Crippen LogP contribution in [0.4, 0.5) is 0 Å². The minimum atomic E-state index is 0.295. The van der Waals surface area contributed by atoms with Crippen molar-refractivity contribution in [1.82, 2.24) is 10.2 Å². The van der Waals surface area contributed by atoms with Gasteiger partial charge in [-0.1, -0.05) is 62.2 Å². The van der Waals surface area contributed by atoms with Gasteiger partial charge in [0.25, 0.3) is 0 Å². The maximum absolute atomic E-state index is 3.74. The molecule has 1 saturated heterocycles. The van der Waals surface area contributed by atoms with Crippen LogP contribution in [0.1, 0.15) is 23.6 Å². The number of halogens is 2. The lowest BCUT2D eigenvalue weighted by Crippen LogP contribution is -2.33. The van der Waals surface area contributed by atoms with Crippen molar-refractivity contribution in [1.29, 1.82) is 0 Å². The normalized spacial score (nSPS) is 17.9. The highest BCUT2D eigenvalue weighted by atomic mass is 79.9. The summed E-state index contributed by atoms with van der Waals surface area (Å²) in [5, 5.41) is 3.50. The van der Waals surface area contributed by atoms with Crippen LogP contribution in [0.2, 0.25) is 0 Å².